The maximum atomic E-state index is 12.8. The molecule has 0 bridgehead atoms. The normalized spacial score (nSPS) is 24.3. The molecule has 1 fully saturated rings. The molecule has 0 unspecified atom stereocenters. The zero-order valence-corrected chi connectivity index (χ0v) is 13.4. The van der Waals surface area contributed by atoms with E-state index in [2.05, 4.69) is 40.5 Å². The highest BCUT2D eigenvalue weighted by molar-refractivity contribution is 5.79. The number of hydrogen-bond acceptors (Lipinski definition) is 2. The maximum Gasteiger partial charge on any atom is 0.225 e. The average Bonchev–Trinajstić information content (AvgIpc) is 3.10. The minimum atomic E-state index is 0.211. The second-order valence-electron chi connectivity index (χ2n) is 6.84. The summed E-state index contributed by atoms with van der Waals surface area (Å²) in [7, 11) is 0. The van der Waals surface area contributed by atoms with Gasteiger partial charge in [0.05, 0.1) is 6.20 Å². The minimum Gasteiger partial charge on any atom is -0.338 e. The van der Waals surface area contributed by atoms with E-state index in [4.69, 9.17) is 0 Å². The van der Waals surface area contributed by atoms with Crippen molar-refractivity contribution in [3.05, 3.63) is 53.3 Å². The molecule has 2 aromatic rings. The summed E-state index contributed by atoms with van der Waals surface area (Å²) in [6.07, 6.45) is 7.07. The number of aromatic amines is 1. The number of aromatic nitrogens is 2. The molecule has 0 spiro atoms. The molecule has 4 heteroatoms. The first-order valence-electron chi connectivity index (χ1n) is 8.66. The molecule has 4 rings (SSSR count). The molecule has 1 aliphatic heterocycles. The van der Waals surface area contributed by atoms with Crippen molar-refractivity contribution in [3.63, 3.8) is 0 Å². The molecule has 0 saturated heterocycles. The lowest BCUT2D eigenvalue weighted by atomic mass is 9.78. The highest BCUT2D eigenvalue weighted by Crippen LogP contribution is 2.36. The zero-order chi connectivity index (χ0) is 15.6. The smallest absolute Gasteiger partial charge is 0.225 e. The van der Waals surface area contributed by atoms with Crippen LogP contribution < -0.4 is 0 Å². The number of amides is 1. The van der Waals surface area contributed by atoms with Crippen molar-refractivity contribution in [3.8, 4) is 0 Å². The van der Waals surface area contributed by atoms with Crippen LogP contribution in [0.2, 0.25) is 0 Å². The molecule has 23 heavy (non-hydrogen) atoms. The van der Waals surface area contributed by atoms with Gasteiger partial charge < -0.3 is 4.90 Å². The molecule has 1 aromatic carbocycles. The van der Waals surface area contributed by atoms with Gasteiger partial charge in [0.1, 0.15) is 0 Å². The minimum absolute atomic E-state index is 0.211. The quantitative estimate of drug-likeness (QED) is 0.925. The van der Waals surface area contributed by atoms with Crippen molar-refractivity contribution >= 4 is 5.91 Å². The lowest BCUT2D eigenvalue weighted by molar-refractivity contribution is -0.137. The zero-order valence-electron chi connectivity index (χ0n) is 13.4. The molecular formula is C19H23N3O. The van der Waals surface area contributed by atoms with Crippen molar-refractivity contribution in [1.29, 1.82) is 0 Å². The Bertz CT molecular complexity index is 671. The predicted octanol–water partition coefficient (Wildman–Crippen LogP) is 3.27. The van der Waals surface area contributed by atoms with Crippen LogP contribution in [0.3, 0.4) is 0 Å². The van der Waals surface area contributed by atoms with Gasteiger partial charge in [0.25, 0.3) is 0 Å². The molecule has 0 atom stereocenters. The number of fused-ring (bicyclic) bond motifs is 1. The number of benzene rings is 1. The average molecular weight is 309 g/mol. The third-order valence-electron chi connectivity index (χ3n) is 5.46. The van der Waals surface area contributed by atoms with E-state index in [0.717, 1.165) is 45.2 Å². The van der Waals surface area contributed by atoms with Crippen LogP contribution in [0.25, 0.3) is 0 Å². The van der Waals surface area contributed by atoms with Crippen molar-refractivity contribution in [2.45, 2.75) is 44.6 Å². The summed E-state index contributed by atoms with van der Waals surface area (Å²) in [5.41, 5.74) is 3.81. The van der Waals surface area contributed by atoms with Crippen LogP contribution in [0.4, 0.5) is 0 Å². The molecule has 1 amide bonds. The molecule has 2 heterocycles. The topological polar surface area (TPSA) is 49.0 Å². The summed E-state index contributed by atoms with van der Waals surface area (Å²) in [5.74, 6) is 1.19. The summed E-state index contributed by atoms with van der Waals surface area (Å²) >= 11 is 0. The van der Waals surface area contributed by atoms with Crippen molar-refractivity contribution in [2.75, 3.05) is 6.54 Å². The third-order valence-corrected chi connectivity index (χ3v) is 5.46. The van der Waals surface area contributed by atoms with Gasteiger partial charge in [-0.2, -0.15) is 5.10 Å². The van der Waals surface area contributed by atoms with Crippen LogP contribution in [0, 0.1) is 5.92 Å². The Morgan fingerprint density at radius 1 is 1.13 bits per heavy atom. The van der Waals surface area contributed by atoms with Gasteiger partial charge >= 0.3 is 0 Å². The van der Waals surface area contributed by atoms with Crippen LogP contribution in [-0.2, 0) is 17.8 Å². The number of nitrogens with one attached hydrogen (secondary N) is 1. The Hall–Kier alpha value is -2.10. The van der Waals surface area contributed by atoms with Crippen molar-refractivity contribution < 1.29 is 4.79 Å². The van der Waals surface area contributed by atoms with Crippen LogP contribution >= 0.6 is 0 Å². The second-order valence-corrected chi connectivity index (χ2v) is 6.84. The summed E-state index contributed by atoms with van der Waals surface area (Å²) in [6, 6.07) is 10.7. The molecule has 1 aliphatic carbocycles. The van der Waals surface area contributed by atoms with Gasteiger partial charge in [0, 0.05) is 36.7 Å². The summed E-state index contributed by atoms with van der Waals surface area (Å²) in [4.78, 5) is 14.9. The van der Waals surface area contributed by atoms with Crippen molar-refractivity contribution in [1.82, 2.24) is 15.1 Å². The molecule has 1 N–H and O–H groups in total. The molecule has 120 valence electrons. The maximum absolute atomic E-state index is 12.8. The number of rotatable bonds is 2. The SMILES string of the molecule is O=C(C1CCC(c2ccccc2)CC1)N1CCc2[nH]ncc2C1. The first-order valence-corrected chi connectivity index (χ1v) is 8.66. The first-order chi connectivity index (χ1) is 11.3. The van der Waals surface area contributed by atoms with E-state index < -0.39 is 0 Å². The molecule has 0 radical (unpaired) electrons. The van der Waals surface area contributed by atoms with Crippen LogP contribution in [-0.4, -0.2) is 27.5 Å². The largest absolute Gasteiger partial charge is 0.338 e. The lowest BCUT2D eigenvalue weighted by Gasteiger charge is -2.34. The third kappa shape index (κ3) is 2.90. The van der Waals surface area contributed by atoms with Gasteiger partial charge in [0.15, 0.2) is 0 Å². The van der Waals surface area contributed by atoms with E-state index in [1.54, 1.807) is 0 Å². The predicted molar refractivity (Wildman–Crippen MR) is 88.8 cm³/mol. The number of carbonyl (C=O) groups excluding carboxylic acids is 1. The van der Waals surface area contributed by atoms with Crippen molar-refractivity contribution in [2.24, 2.45) is 5.92 Å². The Balaban J connectivity index is 1.36. The number of carbonyl (C=O) groups is 1. The fourth-order valence-electron chi connectivity index (χ4n) is 4.07. The fraction of sp³-hybridized carbons (Fsp3) is 0.474. The number of hydrogen-bond donors (Lipinski definition) is 1. The van der Waals surface area contributed by atoms with Gasteiger partial charge in [-0.25, -0.2) is 0 Å². The fourth-order valence-corrected chi connectivity index (χ4v) is 4.07. The van der Waals surface area contributed by atoms with Gasteiger partial charge in [-0.05, 0) is 37.2 Å². The first kappa shape index (κ1) is 14.5. The highest BCUT2D eigenvalue weighted by atomic mass is 16.2. The van der Waals surface area contributed by atoms with Crippen LogP contribution in [0.15, 0.2) is 36.5 Å². The van der Waals surface area contributed by atoms with Gasteiger partial charge in [-0.3, -0.25) is 9.89 Å². The molecule has 2 aliphatic rings. The Labute approximate surface area is 136 Å². The number of H-pyrrole nitrogens is 1. The molecule has 1 aromatic heterocycles. The highest BCUT2D eigenvalue weighted by Gasteiger charge is 2.31. The van der Waals surface area contributed by atoms with Gasteiger partial charge in [-0.1, -0.05) is 30.3 Å². The van der Waals surface area contributed by atoms with Crippen LogP contribution in [0.5, 0.6) is 0 Å². The summed E-state index contributed by atoms with van der Waals surface area (Å²) in [6.45, 7) is 1.55. The Morgan fingerprint density at radius 2 is 1.91 bits per heavy atom. The second kappa shape index (κ2) is 6.19. The van der Waals surface area contributed by atoms with Crippen LogP contribution in [0.1, 0.15) is 48.4 Å². The molecule has 1 saturated carbocycles. The Morgan fingerprint density at radius 3 is 2.70 bits per heavy atom. The van der Waals surface area contributed by atoms with E-state index in [1.165, 1.54) is 16.8 Å². The van der Waals surface area contributed by atoms with Gasteiger partial charge in [0.2, 0.25) is 5.91 Å². The standard InChI is InChI=1S/C19H23N3O/c23-19(22-11-10-18-17(13-22)12-20-21-18)16-8-6-15(7-9-16)14-4-2-1-3-5-14/h1-5,12,15-16H,6-11,13H2,(H,20,21). The summed E-state index contributed by atoms with van der Waals surface area (Å²) < 4.78 is 0. The molecular weight excluding hydrogens is 286 g/mol. The summed E-state index contributed by atoms with van der Waals surface area (Å²) in [5, 5.41) is 7.12. The molecule has 4 nitrogen and oxygen atoms in total. The van der Waals surface area contributed by atoms with E-state index in [1.807, 2.05) is 11.1 Å². The number of nitrogens with zero attached hydrogens (tertiary/aromatic N) is 2. The van der Waals surface area contributed by atoms with E-state index in [9.17, 15) is 4.79 Å². The van der Waals surface area contributed by atoms with E-state index in [0.29, 0.717) is 11.8 Å². The lowest BCUT2D eigenvalue weighted by Crippen LogP contribution is -2.40. The van der Waals surface area contributed by atoms with E-state index >= 15 is 0 Å². The Kier molecular flexibility index (Phi) is 3.90. The monoisotopic (exact) mass is 309 g/mol. The van der Waals surface area contributed by atoms with E-state index in [-0.39, 0.29) is 5.92 Å². The van der Waals surface area contributed by atoms with Gasteiger partial charge in [-0.15, -0.1) is 0 Å².